The highest BCUT2D eigenvalue weighted by Gasteiger charge is 2.21. The summed E-state index contributed by atoms with van der Waals surface area (Å²) >= 11 is 0. The molecule has 112 valence electrons. The van der Waals surface area contributed by atoms with Crippen molar-refractivity contribution in [2.75, 3.05) is 20.8 Å². The molecule has 4 heteroatoms. The second-order valence-corrected chi connectivity index (χ2v) is 4.62. The molecule has 0 radical (unpaired) electrons. The number of methoxy groups -OCH3 is 2. The third-order valence-corrected chi connectivity index (χ3v) is 3.36. The van der Waals surface area contributed by atoms with Crippen LogP contribution in [0.15, 0.2) is 42.5 Å². The summed E-state index contributed by atoms with van der Waals surface area (Å²) in [5, 5.41) is 3.37. The van der Waals surface area contributed by atoms with Gasteiger partial charge in [-0.25, -0.2) is 4.39 Å². The summed E-state index contributed by atoms with van der Waals surface area (Å²) in [5.41, 5.74) is 1.70. The number of benzene rings is 2. The van der Waals surface area contributed by atoms with Crippen LogP contribution in [-0.2, 0) is 0 Å². The minimum Gasteiger partial charge on any atom is -0.496 e. The molecule has 0 heterocycles. The maximum atomic E-state index is 13.7. The van der Waals surface area contributed by atoms with Crippen molar-refractivity contribution >= 4 is 0 Å². The number of hydrogen-bond acceptors (Lipinski definition) is 3. The van der Waals surface area contributed by atoms with Gasteiger partial charge in [0.15, 0.2) is 0 Å². The van der Waals surface area contributed by atoms with E-state index in [0.29, 0.717) is 5.75 Å². The molecule has 0 saturated heterocycles. The largest absolute Gasteiger partial charge is 0.496 e. The Hall–Kier alpha value is -2.07. The van der Waals surface area contributed by atoms with Crippen LogP contribution in [-0.4, -0.2) is 20.8 Å². The summed E-state index contributed by atoms with van der Waals surface area (Å²) in [6.07, 6.45) is 0. The van der Waals surface area contributed by atoms with E-state index in [9.17, 15) is 4.39 Å². The Morgan fingerprint density at radius 1 is 1.00 bits per heavy atom. The molecule has 0 amide bonds. The molecule has 1 unspecified atom stereocenters. The minimum atomic E-state index is -0.288. The van der Waals surface area contributed by atoms with Crippen LogP contribution in [0.2, 0.25) is 0 Å². The van der Waals surface area contributed by atoms with Crippen molar-refractivity contribution in [2.24, 2.45) is 0 Å². The van der Waals surface area contributed by atoms with E-state index in [4.69, 9.17) is 9.47 Å². The molecule has 0 aliphatic heterocycles. The van der Waals surface area contributed by atoms with Crippen molar-refractivity contribution in [3.63, 3.8) is 0 Å². The van der Waals surface area contributed by atoms with Crippen LogP contribution in [0.1, 0.15) is 24.1 Å². The fourth-order valence-electron chi connectivity index (χ4n) is 2.43. The zero-order valence-corrected chi connectivity index (χ0v) is 12.5. The highest BCUT2D eigenvalue weighted by molar-refractivity contribution is 5.46. The Kier molecular flexibility index (Phi) is 5.17. The van der Waals surface area contributed by atoms with Gasteiger partial charge >= 0.3 is 0 Å². The van der Waals surface area contributed by atoms with Gasteiger partial charge in [-0.3, -0.25) is 0 Å². The highest BCUT2D eigenvalue weighted by atomic mass is 19.1. The van der Waals surface area contributed by atoms with Gasteiger partial charge in [0.05, 0.1) is 20.3 Å². The lowest BCUT2D eigenvalue weighted by atomic mass is 9.96. The Labute approximate surface area is 124 Å². The number of rotatable bonds is 6. The number of hydrogen-bond donors (Lipinski definition) is 1. The molecule has 2 rings (SSSR count). The van der Waals surface area contributed by atoms with E-state index in [0.717, 1.165) is 23.4 Å². The third-order valence-electron chi connectivity index (χ3n) is 3.36. The van der Waals surface area contributed by atoms with Crippen molar-refractivity contribution in [1.29, 1.82) is 0 Å². The smallest absolute Gasteiger partial charge is 0.124 e. The van der Waals surface area contributed by atoms with Crippen molar-refractivity contribution in [3.05, 3.63) is 59.4 Å². The summed E-state index contributed by atoms with van der Waals surface area (Å²) in [6.45, 7) is 2.75. The number of nitrogens with one attached hydrogen (secondary N) is 1. The fourth-order valence-corrected chi connectivity index (χ4v) is 2.43. The van der Waals surface area contributed by atoms with Crippen molar-refractivity contribution < 1.29 is 13.9 Å². The first kappa shape index (κ1) is 15.3. The van der Waals surface area contributed by atoms with Crippen LogP contribution >= 0.6 is 0 Å². The maximum absolute atomic E-state index is 13.7. The molecule has 0 fully saturated rings. The Morgan fingerprint density at radius 3 is 2.33 bits per heavy atom. The van der Waals surface area contributed by atoms with Gasteiger partial charge in [0, 0.05) is 11.1 Å². The first-order valence-electron chi connectivity index (χ1n) is 6.91. The molecular weight excluding hydrogens is 269 g/mol. The summed E-state index contributed by atoms with van der Waals surface area (Å²) in [4.78, 5) is 0. The monoisotopic (exact) mass is 289 g/mol. The topological polar surface area (TPSA) is 30.5 Å². The lowest BCUT2D eigenvalue weighted by Gasteiger charge is -2.23. The van der Waals surface area contributed by atoms with E-state index in [1.165, 1.54) is 12.1 Å². The normalized spacial score (nSPS) is 12.0. The van der Waals surface area contributed by atoms with E-state index in [1.54, 1.807) is 20.3 Å². The van der Waals surface area contributed by atoms with Gasteiger partial charge in [0.25, 0.3) is 0 Å². The number of ether oxygens (including phenoxy) is 2. The van der Waals surface area contributed by atoms with Crippen LogP contribution < -0.4 is 14.8 Å². The zero-order chi connectivity index (χ0) is 15.2. The van der Waals surface area contributed by atoms with Gasteiger partial charge in [-0.05, 0) is 30.8 Å². The SMILES string of the molecule is CCNC(c1ccccc1OC)c1cc(F)ccc1OC. The van der Waals surface area contributed by atoms with Crippen molar-refractivity contribution in [1.82, 2.24) is 5.32 Å². The summed E-state index contributed by atoms with van der Waals surface area (Å²) < 4.78 is 24.5. The molecule has 1 N–H and O–H groups in total. The molecule has 0 spiro atoms. The molecule has 0 aliphatic rings. The van der Waals surface area contributed by atoms with Gasteiger partial charge < -0.3 is 14.8 Å². The Bertz CT molecular complexity index is 601. The molecule has 0 aliphatic carbocycles. The van der Waals surface area contributed by atoms with Gasteiger partial charge in [-0.2, -0.15) is 0 Å². The first-order valence-corrected chi connectivity index (χ1v) is 6.91. The number of halogens is 1. The molecule has 2 aromatic carbocycles. The fraction of sp³-hybridized carbons (Fsp3) is 0.294. The molecule has 21 heavy (non-hydrogen) atoms. The van der Waals surface area contributed by atoms with Crippen LogP contribution in [0.3, 0.4) is 0 Å². The van der Waals surface area contributed by atoms with E-state index >= 15 is 0 Å². The molecule has 0 saturated carbocycles. The van der Waals surface area contributed by atoms with E-state index in [2.05, 4.69) is 5.32 Å². The average Bonchev–Trinajstić information content (AvgIpc) is 2.52. The average molecular weight is 289 g/mol. The van der Waals surface area contributed by atoms with Crippen LogP contribution in [0.5, 0.6) is 11.5 Å². The summed E-state index contributed by atoms with van der Waals surface area (Å²) in [5.74, 6) is 1.12. The quantitative estimate of drug-likeness (QED) is 0.882. The van der Waals surface area contributed by atoms with Crippen LogP contribution in [0.4, 0.5) is 4.39 Å². The lowest BCUT2D eigenvalue weighted by molar-refractivity contribution is 0.393. The third kappa shape index (κ3) is 3.34. The minimum absolute atomic E-state index is 0.197. The standard InChI is InChI=1S/C17H20FNO2/c1-4-19-17(13-7-5-6-8-15(13)20-2)14-11-12(18)9-10-16(14)21-3/h5-11,17,19H,4H2,1-3H3. The van der Waals surface area contributed by atoms with Gasteiger partial charge in [-0.1, -0.05) is 25.1 Å². The van der Waals surface area contributed by atoms with Crippen LogP contribution in [0.25, 0.3) is 0 Å². The van der Waals surface area contributed by atoms with E-state index < -0.39 is 0 Å². The number of para-hydroxylation sites is 1. The second kappa shape index (κ2) is 7.09. The van der Waals surface area contributed by atoms with Crippen LogP contribution in [0, 0.1) is 5.82 Å². The van der Waals surface area contributed by atoms with E-state index in [1.807, 2.05) is 31.2 Å². The summed E-state index contributed by atoms with van der Waals surface area (Å²) in [6, 6.07) is 12.1. The molecular formula is C17H20FNO2. The second-order valence-electron chi connectivity index (χ2n) is 4.62. The zero-order valence-electron chi connectivity index (χ0n) is 12.5. The first-order chi connectivity index (χ1) is 10.2. The van der Waals surface area contributed by atoms with Crippen molar-refractivity contribution in [3.8, 4) is 11.5 Å². The Balaban J connectivity index is 2.55. The predicted octanol–water partition coefficient (Wildman–Crippen LogP) is 3.54. The lowest BCUT2D eigenvalue weighted by Crippen LogP contribution is -2.23. The van der Waals surface area contributed by atoms with Gasteiger partial charge in [-0.15, -0.1) is 0 Å². The van der Waals surface area contributed by atoms with Crippen molar-refractivity contribution in [2.45, 2.75) is 13.0 Å². The van der Waals surface area contributed by atoms with E-state index in [-0.39, 0.29) is 11.9 Å². The summed E-state index contributed by atoms with van der Waals surface area (Å²) in [7, 11) is 3.21. The molecule has 0 aromatic heterocycles. The highest BCUT2D eigenvalue weighted by Crippen LogP contribution is 2.35. The molecule has 1 atom stereocenters. The molecule has 2 aromatic rings. The molecule has 0 bridgehead atoms. The molecule has 3 nitrogen and oxygen atoms in total. The van der Waals surface area contributed by atoms with Gasteiger partial charge in [0.2, 0.25) is 0 Å². The van der Waals surface area contributed by atoms with Gasteiger partial charge in [0.1, 0.15) is 17.3 Å². The maximum Gasteiger partial charge on any atom is 0.124 e. The predicted molar refractivity (Wildman–Crippen MR) is 81.5 cm³/mol. The Morgan fingerprint density at radius 2 is 1.67 bits per heavy atom.